The second-order valence-corrected chi connectivity index (χ2v) is 13.6. The van der Waals surface area contributed by atoms with Crippen LogP contribution in [0, 0.1) is 0 Å². The summed E-state index contributed by atoms with van der Waals surface area (Å²) in [4.78, 5) is 18.7. The topological polar surface area (TPSA) is 113 Å². The number of nitrogens with zero attached hydrogens (tertiary/aromatic N) is 2. The van der Waals surface area contributed by atoms with Crippen LogP contribution in [0.15, 0.2) is 145 Å². The molecule has 262 valence electrons. The van der Waals surface area contributed by atoms with Crippen LogP contribution < -0.4 is 28.1 Å². The molecule has 1 fully saturated rings. The first kappa shape index (κ1) is 35.7. The van der Waals surface area contributed by atoms with Gasteiger partial charge in [-0.2, -0.15) is 0 Å². The summed E-state index contributed by atoms with van der Waals surface area (Å²) in [5.74, 6) is 3.17. The van der Waals surface area contributed by atoms with E-state index in [4.69, 9.17) is 27.4 Å². The predicted octanol–water partition coefficient (Wildman–Crippen LogP) is 10.2. The van der Waals surface area contributed by atoms with E-state index in [0.29, 0.717) is 52.7 Å². The maximum atomic E-state index is 10.5. The summed E-state index contributed by atoms with van der Waals surface area (Å²) in [7, 11) is -4.29. The molecule has 4 heterocycles. The van der Waals surface area contributed by atoms with E-state index in [1.165, 1.54) is 12.6 Å². The molecular weight excluding hydrogens is 684 g/mol. The first-order valence-corrected chi connectivity index (χ1v) is 18.7. The van der Waals surface area contributed by atoms with Crippen LogP contribution in [-0.2, 0) is 10.9 Å². The van der Waals surface area contributed by atoms with Gasteiger partial charge >= 0.3 is 17.2 Å². The zero-order chi connectivity index (χ0) is 35.4. The number of hydrogen-bond donors (Lipinski definition) is 2. The fraction of sp³-hybridized carbons (Fsp3) is 0.179. The molecule has 7 rings (SSSR count). The van der Waals surface area contributed by atoms with E-state index in [0.717, 1.165) is 23.1 Å². The predicted molar refractivity (Wildman–Crippen MR) is 200 cm³/mol. The number of benzene rings is 2. The monoisotopic (exact) mass is 723 g/mol. The lowest BCUT2D eigenvalue weighted by atomic mass is 10.00. The van der Waals surface area contributed by atoms with Gasteiger partial charge in [0.1, 0.15) is 17.3 Å². The van der Waals surface area contributed by atoms with Crippen LogP contribution in [0.4, 0.5) is 0 Å². The molecule has 2 N–H and O–H groups in total. The van der Waals surface area contributed by atoms with Crippen LogP contribution in [0.1, 0.15) is 44.7 Å². The molecule has 1 saturated carbocycles. The number of nitrogens with one attached hydrogen (secondary N) is 1. The van der Waals surface area contributed by atoms with Crippen molar-refractivity contribution in [3.8, 4) is 34.5 Å². The van der Waals surface area contributed by atoms with Gasteiger partial charge in [-0.3, -0.25) is 9.97 Å². The fourth-order valence-electron chi connectivity index (χ4n) is 5.01. The highest BCUT2D eigenvalue weighted by molar-refractivity contribution is 7.42. The smallest absolute Gasteiger partial charge is 0.449 e. The minimum Gasteiger partial charge on any atom is -0.449 e. The van der Waals surface area contributed by atoms with Gasteiger partial charge in [-0.25, -0.2) is 0 Å². The lowest BCUT2D eigenvalue weighted by molar-refractivity contribution is 0.328. The number of rotatable bonds is 12. The van der Waals surface area contributed by atoms with Gasteiger partial charge < -0.3 is 37.6 Å². The highest BCUT2D eigenvalue weighted by Gasteiger charge is 2.29. The molecule has 3 unspecified atom stereocenters. The summed E-state index contributed by atoms with van der Waals surface area (Å²) in [5.41, 5.74) is 4.44. The molecule has 12 heteroatoms. The highest BCUT2D eigenvalue weighted by Crippen LogP contribution is 2.52. The lowest BCUT2D eigenvalue weighted by Crippen LogP contribution is -2.07. The average Bonchev–Trinajstić information content (AvgIpc) is 3.91. The molecule has 0 amide bonds. The Morgan fingerprint density at radius 2 is 1.57 bits per heavy atom. The van der Waals surface area contributed by atoms with Crippen molar-refractivity contribution in [2.45, 2.75) is 46.1 Å². The van der Waals surface area contributed by atoms with Gasteiger partial charge in [-0.15, -0.1) is 0 Å². The quantitative estimate of drug-likeness (QED) is 0.0558. The second kappa shape index (κ2) is 17.7. The molecule has 0 radical (unpaired) electrons. The summed E-state index contributed by atoms with van der Waals surface area (Å²) < 4.78 is 36.5. The molecule has 10 nitrogen and oxygen atoms in total. The van der Waals surface area contributed by atoms with E-state index >= 15 is 0 Å². The average molecular weight is 724 g/mol. The maximum Gasteiger partial charge on any atom is 0.530 e. The molecule has 3 atom stereocenters. The van der Waals surface area contributed by atoms with Gasteiger partial charge in [0.05, 0.1) is 18.4 Å². The van der Waals surface area contributed by atoms with Crippen molar-refractivity contribution in [1.29, 1.82) is 0 Å². The third kappa shape index (κ3) is 10.4. The van der Waals surface area contributed by atoms with Gasteiger partial charge in [-0.05, 0) is 93.9 Å². The molecular formula is C39H39N3O7P2. The van der Waals surface area contributed by atoms with E-state index < -0.39 is 17.2 Å². The molecule has 1 aliphatic carbocycles. The second-order valence-electron chi connectivity index (χ2n) is 11.7. The maximum absolute atomic E-state index is 10.5. The van der Waals surface area contributed by atoms with Crippen molar-refractivity contribution in [2.24, 2.45) is 0 Å². The number of hydrogen-bond acceptors (Lipinski definition) is 10. The third-order valence-corrected chi connectivity index (χ3v) is 9.20. The van der Waals surface area contributed by atoms with E-state index in [1.807, 2.05) is 69.3 Å². The minimum absolute atomic E-state index is 0.334. The van der Waals surface area contributed by atoms with E-state index in [9.17, 15) is 4.89 Å². The van der Waals surface area contributed by atoms with Crippen molar-refractivity contribution in [1.82, 2.24) is 15.3 Å². The molecule has 0 bridgehead atoms. The van der Waals surface area contributed by atoms with Crippen molar-refractivity contribution in [3.63, 3.8) is 0 Å². The normalized spacial score (nSPS) is 16.4. The lowest BCUT2D eigenvalue weighted by Gasteiger charge is -2.25. The van der Waals surface area contributed by atoms with Crippen molar-refractivity contribution >= 4 is 17.2 Å². The summed E-state index contributed by atoms with van der Waals surface area (Å²) in [5, 5.41) is 3.27. The first-order valence-electron chi connectivity index (χ1n) is 16.4. The first-order chi connectivity index (χ1) is 24.9. The molecule has 2 aliphatic heterocycles. The Morgan fingerprint density at radius 3 is 2.22 bits per heavy atom. The highest BCUT2D eigenvalue weighted by atomic mass is 31.2. The van der Waals surface area contributed by atoms with Crippen LogP contribution in [-0.4, -0.2) is 20.9 Å². The Labute approximate surface area is 300 Å². The Morgan fingerprint density at radius 1 is 0.882 bits per heavy atom. The van der Waals surface area contributed by atoms with Crippen LogP contribution >= 0.6 is 17.2 Å². The largest absolute Gasteiger partial charge is 0.530 e. The Balaban J connectivity index is 0.000000487. The minimum atomic E-state index is -2.30. The molecule has 3 aliphatic rings. The van der Waals surface area contributed by atoms with Gasteiger partial charge in [0, 0.05) is 29.9 Å². The molecule has 0 saturated heterocycles. The molecule has 4 aromatic rings. The SMILES string of the molecule is C/C=C\C=C(/C=C(C)C)OP(Oc1cccnc1)Oc1cccc2c1Oc1c(cccc1OP(O)Oc1cccnc1)C2.C1=CNC2CC2=CC1. The van der Waals surface area contributed by atoms with Crippen LogP contribution in [0.25, 0.3) is 0 Å². The Bertz CT molecular complexity index is 1930. The third-order valence-electron chi connectivity index (χ3n) is 7.41. The standard InChI is InChI=1S/C32H30N2O7P2.C7H9N/c1-4-5-12-26(19-23(2)3)38-43(39-28-14-9-18-34-22-28)41-30-16-7-11-25-20-24-10-6-15-29(31(24)36-32(25)30)40-42(35)37-27-13-8-17-33-21-27;1-2-4-8-7-5-6(7)3-1/h4-19,21-22,35H,20H2,1-3H3;2-4,7-8H,1,5H2/b5-4-,26-12+;. The zero-order valence-corrected chi connectivity index (χ0v) is 30.3. The number of para-hydroxylation sites is 2. The number of allylic oxidation sites excluding steroid dienone is 7. The molecule has 2 aromatic carbocycles. The van der Waals surface area contributed by atoms with Crippen molar-refractivity contribution in [3.05, 3.63) is 156 Å². The van der Waals surface area contributed by atoms with Crippen molar-refractivity contribution < 1.29 is 32.2 Å². The van der Waals surface area contributed by atoms with Gasteiger partial charge in [0.25, 0.3) is 0 Å². The Hall–Kier alpha value is -5.14. The summed E-state index contributed by atoms with van der Waals surface area (Å²) in [6.45, 7) is 5.89. The van der Waals surface area contributed by atoms with E-state index in [-0.39, 0.29) is 0 Å². The molecule has 51 heavy (non-hydrogen) atoms. The van der Waals surface area contributed by atoms with Crippen molar-refractivity contribution in [2.75, 3.05) is 0 Å². The van der Waals surface area contributed by atoms with E-state index in [1.54, 1.807) is 60.6 Å². The summed E-state index contributed by atoms with van der Waals surface area (Å²) >= 11 is 0. The zero-order valence-electron chi connectivity index (χ0n) is 28.5. The number of aromatic nitrogens is 2. The van der Waals surface area contributed by atoms with Crippen LogP contribution in [0.3, 0.4) is 0 Å². The van der Waals surface area contributed by atoms with Crippen LogP contribution in [0.5, 0.6) is 34.5 Å². The Kier molecular flexibility index (Phi) is 12.4. The summed E-state index contributed by atoms with van der Waals surface area (Å²) in [6, 6.07) is 18.8. The van der Waals surface area contributed by atoms with Gasteiger partial charge in [-0.1, -0.05) is 54.1 Å². The number of fused-ring (bicyclic) bond motifs is 3. The van der Waals surface area contributed by atoms with Gasteiger partial charge in [0.2, 0.25) is 0 Å². The fourth-order valence-corrected chi connectivity index (χ4v) is 6.63. The molecule has 0 spiro atoms. The molecule has 2 aromatic heterocycles. The van der Waals surface area contributed by atoms with Gasteiger partial charge in [0.15, 0.2) is 23.0 Å². The summed E-state index contributed by atoms with van der Waals surface area (Å²) in [6.07, 6.45) is 23.4. The van der Waals surface area contributed by atoms with E-state index in [2.05, 4.69) is 33.6 Å². The number of ether oxygens (including phenoxy) is 1. The number of pyridine rings is 2. The van der Waals surface area contributed by atoms with Crippen LogP contribution in [0.2, 0.25) is 0 Å².